The van der Waals surface area contributed by atoms with Gasteiger partial charge in [0.2, 0.25) is 0 Å². The van der Waals surface area contributed by atoms with Gasteiger partial charge in [-0.25, -0.2) is 0 Å². The number of thiophene rings is 1. The Bertz CT molecular complexity index is 519. The fourth-order valence-corrected chi connectivity index (χ4v) is 3.41. The van der Waals surface area contributed by atoms with Gasteiger partial charge >= 0.3 is 0 Å². The molecule has 90 valence electrons. The SMILES string of the molecule is CNC(C)c1ccc(-c2ccc(Br)cc2C)s1. The fraction of sp³-hybridized carbons (Fsp3) is 0.286. The molecule has 0 aliphatic carbocycles. The summed E-state index contributed by atoms with van der Waals surface area (Å²) in [6.07, 6.45) is 0. The van der Waals surface area contributed by atoms with Gasteiger partial charge in [-0.15, -0.1) is 11.3 Å². The van der Waals surface area contributed by atoms with Crippen molar-refractivity contribution in [3.63, 3.8) is 0 Å². The summed E-state index contributed by atoms with van der Waals surface area (Å²) in [7, 11) is 1.99. The van der Waals surface area contributed by atoms with E-state index in [0.29, 0.717) is 6.04 Å². The third-order valence-electron chi connectivity index (χ3n) is 2.94. The third kappa shape index (κ3) is 2.79. The highest BCUT2D eigenvalue weighted by atomic mass is 79.9. The van der Waals surface area contributed by atoms with E-state index in [0.717, 1.165) is 4.47 Å². The molecule has 0 aliphatic rings. The van der Waals surface area contributed by atoms with Crippen LogP contribution in [0, 0.1) is 6.92 Å². The Labute approximate surface area is 115 Å². The second-order valence-electron chi connectivity index (χ2n) is 4.17. The Balaban J connectivity index is 2.37. The third-order valence-corrected chi connectivity index (χ3v) is 4.73. The minimum Gasteiger partial charge on any atom is -0.313 e. The first-order chi connectivity index (χ1) is 8.11. The Morgan fingerprint density at radius 3 is 2.65 bits per heavy atom. The number of aryl methyl sites for hydroxylation is 1. The second kappa shape index (κ2) is 5.34. The molecule has 1 N–H and O–H groups in total. The van der Waals surface area contributed by atoms with Gasteiger partial charge in [0.1, 0.15) is 0 Å². The van der Waals surface area contributed by atoms with Crippen molar-refractivity contribution in [3.8, 4) is 10.4 Å². The van der Waals surface area contributed by atoms with E-state index in [2.05, 4.69) is 65.4 Å². The molecule has 1 unspecified atom stereocenters. The lowest BCUT2D eigenvalue weighted by Gasteiger charge is -2.06. The molecule has 0 spiro atoms. The largest absolute Gasteiger partial charge is 0.313 e. The van der Waals surface area contributed by atoms with Gasteiger partial charge in [-0.2, -0.15) is 0 Å². The van der Waals surface area contributed by atoms with E-state index in [1.165, 1.54) is 20.9 Å². The van der Waals surface area contributed by atoms with E-state index in [9.17, 15) is 0 Å². The number of nitrogens with one attached hydrogen (secondary N) is 1. The molecule has 0 fully saturated rings. The first kappa shape index (κ1) is 12.8. The van der Waals surface area contributed by atoms with E-state index < -0.39 is 0 Å². The highest BCUT2D eigenvalue weighted by Gasteiger charge is 2.09. The zero-order valence-corrected chi connectivity index (χ0v) is 12.7. The van der Waals surface area contributed by atoms with Crippen LogP contribution in [0.2, 0.25) is 0 Å². The number of rotatable bonds is 3. The number of benzene rings is 1. The molecule has 3 heteroatoms. The van der Waals surface area contributed by atoms with Crippen molar-refractivity contribution in [3.05, 3.63) is 45.2 Å². The van der Waals surface area contributed by atoms with Crippen LogP contribution in [0.15, 0.2) is 34.8 Å². The molecule has 0 bridgehead atoms. The van der Waals surface area contributed by atoms with Gasteiger partial charge in [0.15, 0.2) is 0 Å². The molecule has 2 rings (SSSR count). The molecule has 0 radical (unpaired) electrons. The minimum atomic E-state index is 0.421. The molecular formula is C14H16BrNS. The summed E-state index contributed by atoms with van der Waals surface area (Å²) < 4.78 is 1.14. The zero-order valence-electron chi connectivity index (χ0n) is 10.3. The number of hydrogen-bond acceptors (Lipinski definition) is 2. The highest BCUT2D eigenvalue weighted by molar-refractivity contribution is 9.10. The topological polar surface area (TPSA) is 12.0 Å². The van der Waals surface area contributed by atoms with E-state index >= 15 is 0 Å². The Morgan fingerprint density at radius 2 is 2.00 bits per heavy atom. The maximum Gasteiger partial charge on any atom is 0.0383 e. The molecular weight excluding hydrogens is 294 g/mol. The zero-order chi connectivity index (χ0) is 12.4. The second-order valence-corrected chi connectivity index (χ2v) is 6.20. The van der Waals surface area contributed by atoms with Crippen molar-refractivity contribution in [1.29, 1.82) is 0 Å². The predicted molar refractivity (Wildman–Crippen MR) is 79.7 cm³/mol. The Morgan fingerprint density at radius 1 is 1.24 bits per heavy atom. The summed E-state index contributed by atoms with van der Waals surface area (Å²) in [6, 6.07) is 11.3. The van der Waals surface area contributed by atoms with E-state index in [-0.39, 0.29) is 0 Å². The first-order valence-corrected chi connectivity index (χ1v) is 7.26. The molecule has 1 aromatic heterocycles. The molecule has 1 atom stereocenters. The Hall–Kier alpha value is -0.640. The van der Waals surface area contributed by atoms with Crippen molar-refractivity contribution >= 4 is 27.3 Å². The van der Waals surface area contributed by atoms with Gasteiger partial charge < -0.3 is 5.32 Å². The molecule has 2 aromatic rings. The summed E-state index contributed by atoms with van der Waals surface area (Å²) in [5, 5.41) is 3.27. The lowest BCUT2D eigenvalue weighted by atomic mass is 10.1. The van der Waals surface area contributed by atoms with Crippen molar-refractivity contribution in [2.75, 3.05) is 7.05 Å². The summed E-state index contributed by atoms with van der Waals surface area (Å²) in [6.45, 7) is 4.34. The van der Waals surface area contributed by atoms with Crippen LogP contribution in [0.25, 0.3) is 10.4 Å². The van der Waals surface area contributed by atoms with E-state index in [1.54, 1.807) is 0 Å². The van der Waals surface area contributed by atoms with Crippen LogP contribution in [0.1, 0.15) is 23.4 Å². The maximum absolute atomic E-state index is 3.50. The van der Waals surface area contributed by atoms with E-state index in [4.69, 9.17) is 0 Å². The smallest absolute Gasteiger partial charge is 0.0383 e. The monoisotopic (exact) mass is 309 g/mol. The summed E-state index contributed by atoms with van der Waals surface area (Å²) in [5.41, 5.74) is 2.64. The van der Waals surface area contributed by atoms with Gasteiger partial charge in [0.05, 0.1) is 0 Å². The molecule has 0 aliphatic heterocycles. The average Bonchev–Trinajstić information content (AvgIpc) is 2.77. The molecule has 0 saturated carbocycles. The maximum atomic E-state index is 3.50. The summed E-state index contributed by atoms with van der Waals surface area (Å²) in [4.78, 5) is 2.72. The lowest BCUT2D eigenvalue weighted by Crippen LogP contribution is -2.10. The van der Waals surface area contributed by atoms with Crippen LogP contribution in [0.5, 0.6) is 0 Å². The van der Waals surface area contributed by atoms with Crippen LogP contribution in [0.4, 0.5) is 0 Å². The van der Waals surface area contributed by atoms with Crippen LogP contribution in [0.3, 0.4) is 0 Å². The highest BCUT2D eigenvalue weighted by Crippen LogP contribution is 2.34. The molecule has 1 heterocycles. The number of hydrogen-bond donors (Lipinski definition) is 1. The van der Waals surface area contributed by atoms with Crippen molar-refractivity contribution in [1.82, 2.24) is 5.32 Å². The normalized spacial score (nSPS) is 12.7. The standard InChI is InChI=1S/C14H16BrNS/c1-9-8-11(15)4-5-12(9)14-7-6-13(17-14)10(2)16-3/h4-8,10,16H,1-3H3. The van der Waals surface area contributed by atoms with Gasteiger partial charge in [-0.3, -0.25) is 0 Å². The average molecular weight is 310 g/mol. The first-order valence-electron chi connectivity index (χ1n) is 5.65. The summed E-state index contributed by atoms with van der Waals surface area (Å²) in [5.74, 6) is 0. The van der Waals surface area contributed by atoms with E-state index in [1.807, 2.05) is 18.4 Å². The van der Waals surface area contributed by atoms with Gasteiger partial charge in [0, 0.05) is 20.3 Å². The van der Waals surface area contributed by atoms with Crippen LogP contribution >= 0.6 is 27.3 Å². The molecule has 0 amide bonds. The number of halogens is 1. The summed E-state index contributed by atoms with van der Waals surface area (Å²) >= 11 is 5.36. The van der Waals surface area contributed by atoms with Gasteiger partial charge in [-0.05, 0) is 56.3 Å². The Kier molecular flexibility index (Phi) is 4.02. The quantitative estimate of drug-likeness (QED) is 0.861. The molecule has 1 aromatic carbocycles. The lowest BCUT2D eigenvalue weighted by molar-refractivity contribution is 0.664. The van der Waals surface area contributed by atoms with Gasteiger partial charge in [0.25, 0.3) is 0 Å². The molecule has 1 nitrogen and oxygen atoms in total. The minimum absolute atomic E-state index is 0.421. The van der Waals surface area contributed by atoms with Crippen molar-refractivity contribution < 1.29 is 0 Å². The van der Waals surface area contributed by atoms with Gasteiger partial charge in [-0.1, -0.05) is 22.0 Å². The molecule has 0 saturated heterocycles. The fourth-order valence-electron chi connectivity index (χ4n) is 1.78. The molecule has 17 heavy (non-hydrogen) atoms. The van der Waals surface area contributed by atoms with Crippen LogP contribution < -0.4 is 5.32 Å². The van der Waals surface area contributed by atoms with Crippen LogP contribution in [-0.2, 0) is 0 Å². The van der Waals surface area contributed by atoms with Crippen molar-refractivity contribution in [2.24, 2.45) is 0 Å². The van der Waals surface area contributed by atoms with Crippen LogP contribution in [-0.4, -0.2) is 7.05 Å². The predicted octanol–water partition coefficient (Wildman–Crippen LogP) is 4.77. The van der Waals surface area contributed by atoms with Crippen molar-refractivity contribution in [2.45, 2.75) is 19.9 Å².